The van der Waals surface area contributed by atoms with Crippen molar-refractivity contribution in [3.8, 4) is 89.0 Å². The fraction of sp³-hybridized carbons (Fsp3) is 0.190. The molecule has 11 aromatic rings. The molecule has 0 fully saturated rings. The van der Waals surface area contributed by atoms with Gasteiger partial charge < -0.3 is 9.97 Å². The molecular weight excluding hydrogens is 1060 g/mol. The summed E-state index contributed by atoms with van der Waals surface area (Å²) < 4.78 is 0. The Balaban J connectivity index is 1.17. The average Bonchev–Trinajstić information content (AvgIpc) is 1.62. The molecule has 13 rings (SSSR count). The molecule has 0 amide bonds. The van der Waals surface area contributed by atoms with Crippen LogP contribution in [0.3, 0.4) is 0 Å². The molecule has 4 nitrogen and oxygen atoms in total. The van der Waals surface area contributed by atoms with E-state index < -0.39 is 0 Å². The number of hydrogen-bond donors (Lipinski definition) is 2. The number of hydrogen-bond acceptors (Lipinski definition) is 2. The summed E-state index contributed by atoms with van der Waals surface area (Å²) in [6, 6.07) is 80.7. The molecule has 8 aromatic carbocycles. The topological polar surface area (TPSA) is 57.4 Å². The van der Waals surface area contributed by atoms with Gasteiger partial charge in [0.1, 0.15) is 0 Å². The van der Waals surface area contributed by atoms with Crippen molar-refractivity contribution < 1.29 is 0 Å². The van der Waals surface area contributed by atoms with Crippen LogP contribution in [-0.4, -0.2) is 19.9 Å². The summed E-state index contributed by atoms with van der Waals surface area (Å²) in [7, 11) is 0. The third kappa shape index (κ3) is 11.0. The molecule has 5 heterocycles. The number of nitrogens with one attached hydrogen (secondary N) is 2. The van der Waals surface area contributed by atoms with E-state index in [9.17, 15) is 0 Å². The lowest BCUT2D eigenvalue weighted by molar-refractivity contribution is 0.590. The van der Waals surface area contributed by atoms with E-state index in [2.05, 4.69) is 336 Å². The van der Waals surface area contributed by atoms with Crippen LogP contribution in [0.2, 0.25) is 0 Å². The SMILES string of the molecule is CC(C)(C)c1ccc(-c2ccccc2-c2c3nc(c(-c4ccccc4-c4ccc(C(C)(C)C)cc4)c4ccc([nH]4)c(-c4ccccc4-c4ccc(C(C)(C)C)cc4)c4nc(c(-c5ccccc5-c5ccc(C(C)(C)C)cc5)c5ccc2[nH]5)C=C4)C=C3)cc1. The lowest BCUT2D eigenvalue weighted by Crippen LogP contribution is -2.10. The van der Waals surface area contributed by atoms with E-state index in [1.54, 1.807) is 0 Å². The number of rotatable bonds is 8. The van der Waals surface area contributed by atoms with E-state index in [1.165, 1.54) is 22.3 Å². The zero-order valence-electron chi connectivity index (χ0n) is 53.0. The summed E-state index contributed by atoms with van der Waals surface area (Å²) in [4.78, 5) is 20.0. The maximum atomic E-state index is 5.87. The van der Waals surface area contributed by atoms with Crippen molar-refractivity contribution in [2.45, 2.75) is 105 Å². The Bertz CT molecular complexity index is 4110. The van der Waals surface area contributed by atoms with Gasteiger partial charge >= 0.3 is 0 Å². The zero-order chi connectivity index (χ0) is 61.3. The van der Waals surface area contributed by atoms with Gasteiger partial charge in [0.2, 0.25) is 0 Å². The van der Waals surface area contributed by atoms with E-state index in [0.29, 0.717) is 0 Å². The first kappa shape index (κ1) is 57.4. The second kappa shape index (κ2) is 22.3. The summed E-state index contributed by atoms with van der Waals surface area (Å²) in [5.74, 6) is 0. The highest BCUT2D eigenvalue weighted by Gasteiger charge is 2.25. The Morgan fingerprint density at radius 1 is 0.216 bits per heavy atom. The van der Waals surface area contributed by atoms with Crippen molar-refractivity contribution in [2.75, 3.05) is 0 Å². The first-order chi connectivity index (χ1) is 42.2. The van der Waals surface area contributed by atoms with Gasteiger partial charge in [0, 0.05) is 44.3 Å². The lowest BCUT2D eigenvalue weighted by Gasteiger charge is -2.20. The average molecular weight is 1140 g/mol. The predicted molar refractivity (Wildman–Crippen MR) is 377 cm³/mol. The van der Waals surface area contributed by atoms with Crippen LogP contribution in [0.5, 0.6) is 0 Å². The quantitative estimate of drug-likeness (QED) is 0.159. The first-order valence-electron chi connectivity index (χ1n) is 31.1. The highest BCUT2D eigenvalue weighted by Crippen LogP contribution is 2.46. The second-order valence-corrected chi connectivity index (χ2v) is 28.0. The molecule has 3 aromatic heterocycles. The molecule has 0 saturated heterocycles. The molecule has 0 atom stereocenters. The summed E-state index contributed by atoms with van der Waals surface area (Å²) >= 11 is 0. The van der Waals surface area contributed by atoms with Crippen LogP contribution in [0.4, 0.5) is 0 Å². The van der Waals surface area contributed by atoms with E-state index in [1.807, 2.05) is 0 Å². The second-order valence-electron chi connectivity index (χ2n) is 28.0. The molecule has 4 heteroatoms. The highest BCUT2D eigenvalue weighted by atomic mass is 14.8. The molecule has 2 aliphatic rings. The van der Waals surface area contributed by atoms with Crippen LogP contribution in [0.15, 0.2) is 218 Å². The Labute approximate surface area is 520 Å². The van der Waals surface area contributed by atoms with Crippen LogP contribution in [0.25, 0.3) is 135 Å². The molecule has 88 heavy (non-hydrogen) atoms. The predicted octanol–water partition coefficient (Wildman–Crippen LogP) is 23.2. The molecule has 2 N–H and O–H groups in total. The third-order valence-corrected chi connectivity index (χ3v) is 17.8. The lowest BCUT2D eigenvalue weighted by atomic mass is 9.85. The van der Waals surface area contributed by atoms with Gasteiger partial charge in [-0.05, 0) is 159 Å². The smallest absolute Gasteiger partial charge is 0.0737 e. The van der Waals surface area contributed by atoms with Crippen LogP contribution in [-0.2, 0) is 21.7 Å². The van der Waals surface area contributed by atoms with E-state index >= 15 is 0 Å². The van der Waals surface area contributed by atoms with Crippen molar-refractivity contribution in [2.24, 2.45) is 0 Å². The van der Waals surface area contributed by atoms with Crippen LogP contribution in [0, 0.1) is 0 Å². The minimum absolute atomic E-state index is 0.0116. The van der Waals surface area contributed by atoms with Gasteiger partial charge in [0.25, 0.3) is 0 Å². The van der Waals surface area contributed by atoms with Gasteiger partial charge in [-0.15, -0.1) is 0 Å². The minimum Gasteiger partial charge on any atom is -0.354 e. The van der Waals surface area contributed by atoms with Crippen molar-refractivity contribution in [3.05, 3.63) is 263 Å². The number of fused-ring (bicyclic) bond motifs is 8. The van der Waals surface area contributed by atoms with Gasteiger partial charge in [0.05, 0.1) is 22.8 Å². The molecule has 0 aliphatic carbocycles. The standard InChI is InChI=1S/C84H78N4/c1-81(2,3)57-37-29-53(30-38-57)61-21-13-17-25-65(61)77-69-45-47-71(85-69)78(66-26-18-14-22-62(66)54-31-39-58(40-32-54)82(4,5)6)73-49-51-75(87-73)80(68-28-20-16-24-64(68)56-35-43-60(44-36-56)84(10,11)12)76-52-50-74(88-76)79(72-48-46-70(77)86-72)67-27-19-15-23-63(67)55-33-41-59(42-34-55)83(7,8)9/h13-52,85,88H,1-12H3. The van der Waals surface area contributed by atoms with Crippen LogP contribution < -0.4 is 0 Å². The molecule has 0 radical (unpaired) electrons. The number of aromatic nitrogens is 4. The maximum absolute atomic E-state index is 5.87. The number of aromatic amines is 2. The number of nitrogens with zero attached hydrogens (tertiary/aromatic N) is 2. The van der Waals surface area contributed by atoms with Crippen molar-refractivity contribution in [1.82, 2.24) is 19.9 Å². The monoisotopic (exact) mass is 1140 g/mol. The molecule has 434 valence electrons. The highest BCUT2D eigenvalue weighted by molar-refractivity contribution is 6.05. The van der Waals surface area contributed by atoms with E-state index in [0.717, 1.165) is 134 Å². The summed E-state index contributed by atoms with van der Waals surface area (Å²) in [5, 5.41) is 0. The van der Waals surface area contributed by atoms with E-state index in [4.69, 9.17) is 9.97 Å². The Morgan fingerprint density at radius 3 is 0.580 bits per heavy atom. The van der Waals surface area contributed by atoms with Gasteiger partial charge in [-0.25, -0.2) is 9.97 Å². The van der Waals surface area contributed by atoms with Gasteiger partial charge in [-0.3, -0.25) is 0 Å². The molecule has 0 unspecified atom stereocenters. The van der Waals surface area contributed by atoms with Crippen molar-refractivity contribution in [1.29, 1.82) is 0 Å². The summed E-state index contributed by atoms with van der Waals surface area (Å²) in [6.45, 7) is 27.3. The van der Waals surface area contributed by atoms with Gasteiger partial charge in [0.15, 0.2) is 0 Å². The largest absolute Gasteiger partial charge is 0.354 e. The summed E-state index contributed by atoms with van der Waals surface area (Å²) in [6.07, 6.45) is 8.88. The van der Waals surface area contributed by atoms with Crippen molar-refractivity contribution >= 4 is 46.4 Å². The maximum Gasteiger partial charge on any atom is 0.0737 e. The normalized spacial score (nSPS) is 12.7. The first-order valence-corrected chi connectivity index (χ1v) is 31.1. The molecule has 0 spiro atoms. The number of H-pyrrole nitrogens is 2. The minimum atomic E-state index is 0.0116. The van der Waals surface area contributed by atoms with Crippen molar-refractivity contribution in [3.63, 3.8) is 0 Å². The zero-order valence-corrected chi connectivity index (χ0v) is 53.0. The van der Waals surface area contributed by atoms with Gasteiger partial charge in [-0.2, -0.15) is 0 Å². The fourth-order valence-corrected chi connectivity index (χ4v) is 12.7. The molecule has 0 saturated carbocycles. The summed E-state index contributed by atoms with van der Waals surface area (Å²) in [5.41, 5.74) is 29.8. The molecule has 2 aliphatic heterocycles. The van der Waals surface area contributed by atoms with E-state index in [-0.39, 0.29) is 21.7 Å². The van der Waals surface area contributed by atoms with Gasteiger partial charge in [-0.1, -0.05) is 277 Å². The van der Waals surface area contributed by atoms with Crippen LogP contribution >= 0.6 is 0 Å². The number of benzene rings is 8. The molecular formula is C84H78N4. The third-order valence-electron chi connectivity index (χ3n) is 17.8. The Morgan fingerprint density at radius 2 is 0.398 bits per heavy atom. The van der Waals surface area contributed by atoms with Crippen LogP contribution in [0.1, 0.15) is 128 Å². The Hall–Kier alpha value is -9.64. The fourth-order valence-electron chi connectivity index (χ4n) is 12.7. The molecule has 8 bridgehead atoms. The Kier molecular flexibility index (Phi) is 14.5.